The van der Waals surface area contributed by atoms with Crippen LogP contribution in [0.3, 0.4) is 0 Å². The van der Waals surface area contributed by atoms with Crippen LogP contribution in [0.5, 0.6) is 0 Å². The van der Waals surface area contributed by atoms with E-state index in [1.165, 1.54) is 10.4 Å². The van der Waals surface area contributed by atoms with Crippen molar-refractivity contribution in [2.24, 2.45) is 0 Å². The smallest absolute Gasteiger partial charge is 0.0537 e. The second-order valence-electron chi connectivity index (χ2n) is 4.64. The van der Waals surface area contributed by atoms with Gasteiger partial charge < -0.3 is 5.32 Å². The number of thiophene rings is 1. The Bertz CT molecular complexity index is 475. The molecule has 0 saturated heterocycles. The molecule has 0 aliphatic heterocycles. The van der Waals surface area contributed by atoms with Gasteiger partial charge in [0.05, 0.1) is 5.54 Å². The summed E-state index contributed by atoms with van der Waals surface area (Å²) in [4.78, 5) is 1.36. The van der Waals surface area contributed by atoms with E-state index in [1.807, 2.05) is 12.1 Å². The molecule has 0 fully saturated rings. The molecule has 0 aliphatic rings. The second kappa shape index (κ2) is 5.98. The Morgan fingerprint density at radius 3 is 2.61 bits per heavy atom. The van der Waals surface area contributed by atoms with Crippen molar-refractivity contribution in [3.8, 4) is 0 Å². The summed E-state index contributed by atoms with van der Waals surface area (Å²) in [6, 6.07) is 14.8. The third-order valence-electron chi connectivity index (χ3n) is 3.14. The molecular weight excluding hydrogens is 238 g/mol. The molecular formula is C16H19NS. The maximum Gasteiger partial charge on any atom is 0.0537 e. The summed E-state index contributed by atoms with van der Waals surface area (Å²) in [6.07, 6.45) is 2.91. The monoisotopic (exact) mass is 257 g/mol. The molecule has 1 N–H and O–H groups in total. The lowest BCUT2D eigenvalue weighted by Crippen LogP contribution is -2.37. The third kappa shape index (κ3) is 3.09. The standard InChI is InChI=1S/C16H19NS/c1-3-11-16(2,15-10-7-12-18-15)17-13-14-8-5-4-6-9-14/h3-10,12,17H,1,11,13H2,2H3/t16-/m0/s1. The molecule has 1 atom stereocenters. The average molecular weight is 257 g/mol. The largest absolute Gasteiger partial charge is 0.303 e. The van der Waals surface area contributed by atoms with Crippen molar-refractivity contribution in [2.75, 3.05) is 0 Å². The first-order valence-corrected chi connectivity index (χ1v) is 7.06. The van der Waals surface area contributed by atoms with Crippen molar-refractivity contribution in [3.05, 3.63) is 70.9 Å². The SMILES string of the molecule is C=CC[C@](C)(NCc1ccccc1)c1cccs1. The van der Waals surface area contributed by atoms with Crippen LogP contribution >= 0.6 is 11.3 Å². The fourth-order valence-electron chi connectivity index (χ4n) is 2.03. The van der Waals surface area contributed by atoms with E-state index in [1.54, 1.807) is 11.3 Å². The first-order chi connectivity index (χ1) is 8.74. The van der Waals surface area contributed by atoms with E-state index in [-0.39, 0.29) is 5.54 Å². The van der Waals surface area contributed by atoms with Gasteiger partial charge in [-0.15, -0.1) is 17.9 Å². The summed E-state index contributed by atoms with van der Waals surface area (Å²) < 4.78 is 0. The minimum absolute atomic E-state index is 0.0221. The van der Waals surface area contributed by atoms with Crippen molar-refractivity contribution in [3.63, 3.8) is 0 Å². The van der Waals surface area contributed by atoms with Crippen molar-refractivity contribution >= 4 is 11.3 Å². The summed E-state index contributed by atoms with van der Waals surface area (Å²) in [5, 5.41) is 5.78. The summed E-state index contributed by atoms with van der Waals surface area (Å²) >= 11 is 1.79. The third-order valence-corrected chi connectivity index (χ3v) is 4.28. The number of hydrogen-bond acceptors (Lipinski definition) is 2. The highest BCUT2D eigenvalue weighted by Gasteiger charge is 2.25. The second-order valence-corrected chi connectivity index (χ2v) is 5.59. The fraction of sp³-hybridized carbons (Fsp3) is 0.250. The van der Waals surface area contributed by atoms with Crippen molar-refractivity contribution in [1.82, 2.24) is 5.32 Å². The van der Waals surface area contributed by atoms with Crippen molar-refractivity contribution < 1.29 is 0 Å². The Balaban J connectivity index is 2.09. The van der Waals surface area contributed by atoms with E-state index in [2.05, 4.69) is 60.6 Å². The van der Waals surface area contributed by atoms with Gasteiger partial charge in [-0.3, -0.25) is 0 Å². The highest BCUT2D eigenvalue weighted by Crippen LogP contribution is 2.29. The van der Waals surface area contributed by atoms with E-state index in [0.29, 0.717) is 0 Å². The molecule has 0 radical (unpaired) electrons. The molecule has 0 unspecified atom stereocenters. The fourth-order valence-corrected chi connectivity index (χ4v) is 2.91. The van der Waals surface area contributed by atoms with Gasteiger partial charge >= 0.3 is 0 Å². The van der Waals surface area contributed by atoms with Crippen molar-refractivity contribution in [2.45, 2.75) is 25.4 Å². The Morgan fingerprint density at radius 1 is 1.22 bits per heavy atom. The summed E-state index contributed by atoms with van der Waals surface area (Å²) in [5.41, 5.74) is 1.29. The van der Waals surface area contributed by atoms with E-state index in [0.717, 1.165) is 13.0 Å². The lowest BCUT2D eigenvalue weighted by atomic mass is 9.95. The number of rotatable bonds is 6. The molecule has 2 aromatic rings. The molecule has 0 aliphatic carbocycles. The van der Waals surface area contributed by atoms with Crippen LogP contribution in [-0.2, 0) is 12.1 Å². The Kier molecular flexibility index (Phi) is 4.34. The van der Waals surface area contributed by atoms with Crippen LogP contribution < -0.4 is 5.32 Å². The number of nitrogens with one attached hydrogen (secondary N) is 1. The van der Waals surface area contributed by atoms with Crippen LogP contribution in [0.15, 0.2) is 60.5 Å². The summed E-state index contributed by atoms with van der Waals surface area (Å²) in [6.45, 7) is 6.99. The molecule has 94 valence electrons. The van der Waals surface area contributed by atoms with Crippen LogP contribution in [0.2, 0.25) is 0 Å². The van der Waals surface area contributed by atoms with E-state index in [9.17, 15) is 0 Å². The molecule has 1 heterocycles. The van der Waals surface area contributed by atoms with Gasteiger partial charge in [0.15, 0.2) is 0 Å². The van der Waals surface area contributed by atoms with Gasteiger partial charge in [0.25, 0.3) is 0 Å². The molecule has 1 nitrogen and oxygen atoms in total. The molecule has 1 aromatic heterocycles. The lowest BCUT2D eigenvalue weighted by Gasteiger charge is -2.29. The van der Waals surface area contributed by atoms with Crippen LogP contribution in [0, 0.1) is 0 Å². The zero-order valence-electron chi connectivity index (χ0n) is 10.7. The quantitative estimate of drug-likeness (QED) is 0.760. The van der Waals surface area contributed by atoms with Gasteiger partial charge in [0.1, 0.15) is 0 Å². The van der Waals surface area contributed by atoms with E-state index in [4.69, 9.17) is 0 Å². The normalized spacial score (nSPS) is 14.1. The van der Waals surface area contributed by atoms with E-state index >= 15 is 0 Å². The van der Waals surface area contributed by atoms with Gasteiger partial charge in [0, 0.05) is 11.4 Å². The first kappa shape index (κ1) is 13.1. The Labute approximate surface area is 113 Å². The van der Waals surface area contributed by atoms with Crippen LogP contribution in [0.25, 0.3) is 0 Å². The first-order valence-electron chi connectivity index (χ1n) is 6.18. The zero-order chi connectivity index (χ0) is 12.8. The van der Waals surface area contributed by atoms with Crippen LogP contribution in [0.1, 0.15) is 23.8 Å². The Hall–Kier alpha value is -1.38. The molecule has 0 bridgehead atoms. The van der Waals surface area contributed by atoms with Gasteiger partial charge in [0.2, 0.25) is 0 Å². The molecule has 0 amide bonds. The predicted molar refractivity (Wildman–Crippen MR) is 79.8 cm³/mol. The predicted octanol–water partition coefficient (Wildman–Crippen LogP) is 4.33. The molecule has 18 heavy (non-hydrogen) atoms. The van der Waals surface area contributed by atoms with Gasteiger partial charge in [-0.25, -0.2) is 0 Å². The zero-order valence-corrected chi connectivity index (χ0v) is 11.5. The minimum Gasteiger partial charge on any atom is -0.303 e. The molecule has 1 aromatic carbocycles. The van der Waals surface area contributed by atoms with E-state index < -0.39 is 0 Å². The molecule has 0 spiro atoms. The minimum atomic E-state index is -0.0221. The molecule has 2 heteroatoms. The van der Waals surface area contributed by atoms with Gasteiger partial charge in [-0.05, 0) is 30.4 Å². The molecule has 0 saturated carbocycles. The summed E-state index contributed by atoms with van der Waals surface area (Å²) in [7, 11) is 0. The number of hydrogen-bond donors (Lipinski definition) is 1. The van der Waals surface area contributed by atoms with Gasteiger partial charge in [-0.2, -0.15) is 0 Å². The number of benzene rings is 1. The highest BCUT2D eigenvalue weighted by molar-refractivity contribution is 7.10. The maximum atomic E-state index is 3.88. The maximum absolute atomic E-state index is 3.88. The summed E-state index contributed by atoms with van der Waals surface area (Å²) in [5.74, 6) is 0. The van der Waals surface area contributed by atoms with Crippen LogP contribution in [0.4, 0.5) is 0 Å². The topological polar surface area (TPSA) is 12.0 Å². The molecule has 2 rings (SSSR count). The Morgan fingerprint density at radius 2 is 2.00 bits per heavy atom. The van der Waals surface area contributed by atoms with Crippen molar-refractivity contribution in [1.29, 1.82) is 0 Å². The van der Waals surface area contributed by atoms with Crippen LogP contribution in [-0.4, -0.2) is 0 Å². The average Bonchev–Trinajstić information content (AvgIpc) is 2.93. The highest BCUT2D eigenvalue weighted by atomic mass is 32.1. The lowest BCUT2D eigenvalue weighted by molar-refractivity contribution is 0.375. The van der Waals surface area contributed by atoms with Gasteiger partial charge in [-0.1, -0.05) is 42.5 Å².